The first kappa shape index (κ1) is 18.9. The van der Waals surface area contributed by atoms with Crippen molar-refractivity contribution in [2.75, 3.05) is 24.5 Å². The highest BCUT2D eigenvalue weighted by atomic mass is 16.2. The van der Waals surface area contributed by atoms with Gasteiger partial charge in [0, 0.05) is 26.2 Å². The number of piperidine rings is 1. The molecule has 1 saturated heterocycles. The molecule has 1 aromatic heterocycles. The summed E-state index contributed by atoms with van der Waals surface area (Å²) in [5.41, 5.74) is 3.28. The van der Waals surface area contributed by atoms with Gasteiger partial charge >= 0.3 is 0 Å². The summed E-state index contributed by atoms with van der Waals surface area (Å²) in [6.45, 7) is 9.59. The number of hydrogen-bond acceptors (Lipinski definition) is 4. The van der Waals surface area contributed by atoms with E-state index in [4.69, 9.17) is 0 Å². The molecule has 148 valence electrons. The van der Waals surface area contributed by atoms with Gasteiger partial charge in [-0.3, -0.25) is 4.79 Å². The molecule has 5 heteroatoms. The standard InChI is InChI=1S/C23H30N4O/c1-17(2)15-27-16-20-7-5-4-6-19(20)14-23(22(27)28)10-12-26(13-11-23)21-9-8-18(3)24-25-21/h4-9,17H,10-16H2,1-3H3. The minimum absolute atomic E-state index is 0.296. The third kappa shape index (κ3) is 3.62. The van der Waals surface area contributed by atoms with E-state index < -0.39 is 0 Å². The SMILES string of the molecule is Cc1ccc(N2CCC3(CC2)Cc2ccccc2CN(CC(C)C)C3=O)nn1. The molecule has 3 heterocycles. The van der Waals surface area contributed by atoms with Gasteiger partial charge in [-0.05, 0) is 55.4 Å². The van der Waals surface area contributed by atoms with Crippen LogP contribution in [0.25, 0.3) is 0 Å². The highest BCUT2D eigenvalue weighted by molar-refractivity contribution is 5.84. The second-order valence-electron chi connectivity index (χ2n) is 8.83. The summed E-state index contributed by atoms with van der Waals surface area (Å²) in [4.78, 5) is 18.1. The number of nitrogens with zero attached hydrogens (tertiary/aromatic N) is 4. The lowest BCUT2D eigenvalue weighted by Crippen LogP contribution is -2.51. The lowest BCUT2D eigenvalue weighted by Gasteiger charge is -2.42. The van der Waals surface area contributed by atoms with Crippen molar-refractivity contribution < 1.29 is 4.79 Å². The van der Waals surface area contributed by atoms with Crippen molar-refractivity contribution in [1.82, 2.24) is 15.1 Å². The van der Waals surface area contributed by atoms with E-state index in [0.29, 0.717) is 11.8 Å². The molecular weight excluding hydrogens is 348 g/mol. The molecule has 0 unspecified atom stereocenters. The number of aryl methyl sites for hydroxylation is 1. The number of rotatable bonds is 3. The lowest BCUT2D eigenvalue weighted by atomic mass is 9.73. The van der Waals surface area contributed by atoms with Gasteiger partial charge in [0.05, 0.1) is 11.1 Å². The van der Waals surface area contributed by atoms with Crippen LogP contribution in [-0.4, -0.2) is 40.6 Å². The predicted molar refractivity (Wildman–Crippen MR) is 111 cm³/mol. The Labute approximate surface area is 167 Å². The number of benzene rings is 1. The molecule has 0 saturated carbocycles. The van der Waals surface area contributed by atoms with Crippen LogP contribution >= 0.6 is 0 Å². The van der Waals surface area contributed by atoms with E-state index in [1.165, 1.54) is 11.1 Å². The molecule has 0 aliphatic carbocycles. The van der Waals surface area contributed by atoms with Gasteiger partial charge in [-0.25, -0.2) is 0 Å². The minimum atomic E-state index is -0.296. The molecule has 0 bridgehead atoms. The number of fused-ring (bicyclic) bond motifs is 1. The van der Waals surface area contributed by atoms with Gasteiger partial charge < -0.3 is 9.80 Å². The summed E-state index contributed by atoms with van der Waals surface area (Å²) in [5, 5.41) is 8.54. The zero-order valence-electron chi connectivity index (χ0n) is 17.2. The Kier molecular flexibility index (Phi) is 5.09. The first-order valence-corrected chi connectivity index (χ1v) is 10.4. The summed E-state index contributed by atoms with van der Waals surface area (Å²) in [6.07, 6.45) is 2.58. The van der Waals surface area contributed by atoms with Gasteiger partial charge in [0.2, 0.25) is 5.91 Å². The number of aromatic nitrogens is 2. The Morgan fingerprint density at radius 2 is 1.75 bits per heavy atom. The van der Waals surface area contributed by atoms with Crippen LogP contribution in [-0.2, 0) is 17.8 Å². The van der Waals surface area contributed by atoms with E-state index in [2.05, 4.69) is 58.1 Å². The Morgan fingerprint density at radius 3 is 2.39 bits per heavy atom. The summed E-state index contributed by atoms with van der Waals surface area (Å²) in [6, 6.07) is 12.6. The molecule has 1 amide bonds. The van der Waals surface area contributed by atoms with Crippen molar-refractivity contribution in [1.29, 1.82) is 0 Å². The molecule has 1 spiro atoms. The zero-order chi connectivity index (χ0) is 19.7. The first-order chi connectivity index (χ1) is 13.5. The van der Waals surface area contributed by atoms with E-state index in [1.807, 2.05) is 19.1 Å². The van der Waals surface area contributed by atoms with Gasteiger partial charge in [-0.1, -0.05) is 38.1 Å². The Bertz CT molecular complexity index is 838. The maximum absolute atomic E-state index is 13.7. The molecule has 0 radical (unpaired) electrons. The van der Waals surface area contributed by atoms with Crippen LogP contribution in [0.3, 0.4) is 0 Å². The number of carbonyl (C=O) groups is 1. The van der Waals surface area contributed by atoms with Crippen LogP contribution < -0.4 is 4.90 Å². The van der Waals surface area contributed by atoms with E-state index in [1.54, 1.807) is 0 Å². The third-order valence-corrected chi connectivity index (χ3v) is 6.16. The molecule has 5 nitrogen and oxygen atoms in total. The zero-order valence-corrected chi connectivity index (χ0v) is 17.2. The van der Waals surface area contributed by atoms with Gasteiger partial charge in [0.25, 0.3) is 0 Å². The normalized spacial score (nSPS) is 19.1. The van der Waals surface area contributed by atoms with Crippen molar-refractivity contribution in [2.24, 2.45) is 11.3 Å². The maximum Gasteiger partial charge on any atom is 0.229 e. The van der Waals surface area contributed by atoms with Gasteiger partial charge in [0.15, 0.2) is 5.82 Å². The molecule has 2 aliphatic rings. The van der Waals surface area contributed by atoms with Crippen LogP contribution in [0.5, 0.6) is 0 Å². The fraction of sp³-hybridized carbons (Fsp3) is 0.522. The van der Waals surface area contributed by atoms with Crippen molar-refractivity contribution in [3.05, 3.63) is 53.2 Å². The fourth-order valence-corrected chi connectivity index (χ4v) is 4.64. The van der Waals surface area contributed by atoms with Crippen molar-refractivity contribution in [3.8, 4) is 0 Å². The van der Waals surface area contributed by atoms with Crippen LogP contribution in [0.1, 0.15) is 43.5 Å². The average Bonchev–Trinajstić information content (AvgIpc) is 2.79. The van der Waals surface area contributed by atoms with Crippen LogP contribution in [0.15, 0.2) is 36.4 Å². The van der Waals surface area contributed by atoms with E-state index in [-0.39, 0.29) is 5.41 Å². The molecular formula is C23H30N4O. The molecule has 0 atom stereocenters. The van der Waals surface area contributed by atoms with E-state index >= 15 is 0 Å². The molecule has 2 aliphatic heterocycles. The smallest absolute Gasteiger partial charge is 0.229 e. The summed E-state index contributed by atoms with van der Waals surface area (Å²) in [7, 11) is 0. The largest absolute Gasteiger partial charge is 0.355 e. The van der Waals surface area contributed by atoms with Crippen LogP contribution in [0.2, 0.25) is 0 Å². The monoisotopic (exact) mass is 378 g/mol. The van der Waals surface area contributed by atoms with Crippen LogP contribution in [0, 0.1) is 18.3 Å². The summed E-state index contributed by atoms with van der Waals surface area (Å²) in [5.74, 6) is 1.72. The van der Waals surface area contributed by atoms with Crippen molar-refractivity contribution in [3.63, 3.8) is 0 Å². The first-order valence-electron chi connectivity index (χ1n) is 10.4. The molecule has 1 fully saturated rings. The number of amides is 1. The Morgan fingerprint density at radius 1 is 1.04 bits per heavy atom. The summed E-state index contributed by atoms with van der Waals surface area (Å²) >= 11 is 0. The van der Waals surface area contributed by atoms with Crippen molar-refractivity contribution >= 4 is 11.7 Å². The highest BCUT2D eigenvalue weighted by Crippen LogP contribution is 2.41. The van der Waals surface area contributed by atoms with E-state index in [0.717, 1.165) is 57.0 Å². The number of hydrogen-bond donors (Lipinski definition) is 0. The second-order valence-corrected chi connectivity index (χ2v) is 8.83. The van der Waals surface area contributed by atoms with Gasteiger partial charge in [-0.15, -0.1) is 5.10 Å². The number of carbonyl (C=O) groups excluding carboxylic acids is 1. The van der Waals surface area contributed by atoms with E-state index in [9.17, 15) is 4.79 Å². The van der Waals surface area contributed by atoms with Crippen molar-refractivity contribution in [2.45, 2.75) is 46.6 Å². The average molecular weight is 379 g/mol. The van der Waals surface area contributed by atoms with Crippen LogP contribution in [0.4, 0.5) is 5.82 Å². The fourth-order valence-electron chi connectivity index (χ4n) is 4.64. The van der Waals surface area contributed by atoms with Gasteiger partial charge in [-0.2, -0.15) is 5.10 Å². The Balaban J connectivity index is 1.60. The lowest BCUT2D eigenvalue weighted by molar-refractivity contribution is -0.144. The molecule has 2 aromatic rings. The van der Waals surface area contributed by atoms with Gasteiger partial charge in [0.1, 0.15) is 0 Å². The number of anilines is 1. The molecule has 1 aromatic carbocycles. The minimum Gasteiger partial charge on any atom is -0.355 e. The molecule has 0 N–H and O–H groups in total. The quantitative estimate of drug-likeness (QED) is 0.819. The summed E-state index contributed by atoms with van der Waals surface area (Å²) < 4.78 is 0. The molecule has 4 rings (SSSR count). The Hall–Kier alpha value is -2.43. The second kappa shape index (κ2) is 7.53. The highest BCUT2D eigenvalue weighted by Gasteiger charge is 2.45. The maximum atomic E-state index is 13.7. The topological polar surface area (TPSA) is 49.3 Å². The third-order valence-electron chi connectivity index (χ3n) is 6.16. The predicted octanol–water partition coefficient (Wildman–Crippen LogP) is 3.61. The molecule has 28 heavy (non-hydrogen) atoms.